The molecule has 0 aliphatic heterocycles. The third-order valence-corrected chi connectivity index (χ3v) is 3.79. The molecule has 0 radical (unpaired) electrons. The molecule has 0 saturated carbocycles. The van der Waals surface area contributed by atoms with Crippen LogP contribution in [-0.2, 0) is 6.42 Å². The van der Waals surface area contributed by atoms with Gasteiger partial charge in [0.1, 0.15) is 0 Å². The molecular formula is C18H19ClN2O. The van der Waals surface area contributed by atoms with Crippen molar-refractivity contribution in [2.45, 2.75) is 27.2 Å². The van der Waals surface area contributed by atoms with Crippen LogP contribution in [-0.4, -0.2) is 11.6 Å². The van der Waals surface area contributed by atoms with Crippen LogP contribution in [0.3, 0.4) is 0 Å². The maximum Gasteiger partial charge on any atom is 0.272 e. The summed E-state index contributed by atoms with van der Waals surface area (Å²) in [5.41, 5.74) is 6.98. The number of benzene rings is 2. The third-order valence-electron chi connectivity index (χ3n) is 3.47. The zero-order valence-corrected chi connectivity index (χ0v) is 13.7. The van der Waals surface area contributed by atoms with Crippen LogP contribution < -0.4 is 5.43 Å². The Morgan fingerprint density at radius 3 is 2.45 bits per heavy atom. The number of nitrogens with one attached hydrogen (secondary N) is 1. The van der Waals surface area contributed by atoms with E-state index >= 15 is 0 Å². The van der Waals surface area contributed by atoms with Crippen LogP contribution in [0.15, 0.2) is 47.6 Å². The first-order valence-corrected chi connectivity index (χ1v) is 7.59. The molecule has 2 aromatic carbocycles. The van der Waals surface area contributed by atoms with Crippen LogP contribution >= 0.6 is 11.6 Å². The van der Waals surface area contributed by atoms with Crippen LogP contribution in [0.5, 0.6) is 0 Å². The lowest BCUT2D eigenvalue weighted by Crippen LogP contribution is -2.19. The second-order valence-electron chi connectivity index (χ2n) is 5.17. The first-order valence-electron chi connectivity index (χ1n) is 7.21. The molecule has 0 aromatic heterocycles. The highest BCUT2D eigenvalue weighted by Gasteiger charge is 2.09. The van der Waals surface area contributed by atoms with Crippen molar-refractivity contribution in [2.75, 3.05) is 0 Å². The molecule has 0 spiro atoms. The molecule has 114 valence electrons. The summed E-state index contributed by atoms with van der Waals surface area (Å²) in [7, 11) is 0. The number of rotatable bonds is 4. The van der Waals surface area contributed by atoms with E-state index in [-0.39, 0.29) is 5.91 Å². The molecule has 2 aromatic rings. The van der Waals surface area contributed by atoms with Crippen LogP contribution in [0.25, 0.3) is 0 Å². The number of carbonyl (C=O) groups excluding carboxylic acids is 1. The topological polar surface area (TPSA) is 41.5 Å². The summed E-state index contributed by atoms with van der Waals surface area (Å²) in [4.78, 5) is 12.1. The van der Waals surface area contributed by atoms with Crippen molar-refractivity contribution < 1.29 is 4.79 Å². The van der Waals surface area contributed by atoms with Crippen LogP contribution in [0.2, 0.25) is 5.02 Å². The van der Waals surface area contributed by atoms with Gasteiger partial charge in [0, 0.05) is 0 Å². The van der Waals surface area contributed by atoms with E-state index in [1.54, 1.807) is 12.1 Å². The fraction of sp³-hybridized carbons (Fsp3) is 0.222. The first kappa shape index (κ1) is 16.2. The molecule has 1 amide bonds. The number of aryl methyl sites for hydroxylation is 2. The van der Waals surface area contributed by atoms with E-state index in [4.69, 9.17) is 11.6 Å². The number of amides is 1. The normalized spacial score (nSPS) is 11.4. The van der Waals surface area contributed by atoms with Gasteiger partial charge in [-0.15, -0.1) is 0 Å². The van der Waals surface area contributed by atoms with Gasteiger partial charge in [-0.2, -0.15) is 5.10 Å². The quantitative estimate of drug-likeness (QED) is 0.661. The SMILES string of the molecule is CCc1ccc(/C(C)=N\NC(=O)c2ccc(C)cc2Cl)cc1. The molecule has 3 nitrogen and oxygen atoms in total. The van der Waals surface area contributed by atoms with Gasteiger partial charge in [-0.05, 0) is 49.1 Å². The Bertz CT molecular complexity index is 706. The lowest BCUT2D eigenvalue weighted by Gasteiger charge is -2.06. The summed E-state index contributed by atoms with van der Waals surface area (Å²) in [5, 5.41) is 4.58. The smallest absolute Gasteiger partial charge is 0.267 e. The Morgan fingerprint density at radius 2 is 1.86 bits per heavy atom. The first-order chi connectivity index (χ1) is 10.5. The van der Waals surface area contributed by atoms with E-state index < -0.39 is 0 Å². The van der Waals surface area contributed by atoms with Gasteiger partial charge in [-0.25, -0.2) is 5.43 Å². The maximum absolute atomic E-state index is 12.1. The van der Waals surface area contributed by atoms with Crippen molar-refractivity contribution in [3.05, 3.63) is 69.7 Å². The summed E-state index contributed by atoms with van der Waals surface area (Å²) in [6, 6.07) is 13.4. The van der Waals surface area contributed by atoms with Gasteiger partial charge in [-0.1, -0.05) is 48.9 Å². The monoisotopic (exact) mass is 314 g/mol. The molecule has 22 heavy (non-hydrogen) atoms. The van der Waals surface area contributed by atoms with E-state index in [2.05, 4.69) is 29.6 Å². The molecule has 0 bridgehead atoms. The second-order valence-corrected chi connectivity index (χ2v) is 5.58. The zero-order valence-electron chi connectivity index (χ0n) is 13.0. The number of nitrogens with zero attached hydrogens (tertiary/aromatic N) is 1. The van der Waals surface area contributed by atoms with E-state index in [1.165, 1.54) is 5.56 Å². The van der Waals surface area contributed by atoms with Crippen molar-refractivity contribution in [1.29, 1.82) is 0 Å². The Labute approximate surface area is 136 Å². The Balaban J connectivity index is 2.10. The molecule has 0 heterocycles. The van der Waals surface area contributed by atoms with Crippen molar-refractivity contribution in [3.63, 3.8) is 0 Å². The molecule has 0 saturated heterocycles. The largest absolute Gasteiger partial charge is 0.272 e. The molecule has 0 atom stereocenters. The molecule has 0 fully saturated rings. The summed E-state index contributed by atoms with van der Waals surface area (Å²) in [6.45, 7) is 5.90. The maximum atomic E-state index is 12.1. The van der Waals surface area contributed by atoms with Crippen molar-refractivity contribution >= 4 is 23.2 Å². The summed E-state index contributed by atoms with van der Waals surface area (Å²) in [5.74, 6) is -0.311. The highest BCUT2D eigenvalue weighted by molar-refractivity contribution is 6.33. The van der Waals surface area contributed by atoms with Crippen LogP contribution in [0, 0.1) is 6.92 Å². The van der Waals surface area contributed by atoms with Gasteiger partial charge in [0.15, 0.2) is 0 Å². The minimum Gasteiger partial charge on any atom is -0.267 e. The Kier molecular flexibility index (Phi) is 5.34. The van der Waals surface area contributed by atoms with Crippen LogP contribution in [0.1, 0.15) is 40.9 Å². The van der Waals surface area contributed by atoms with Crippen molar-refractivity contribution in [1.82, 2.24) is 5.43 Å². The van der Waals surface area contributed by atoms with Gasteiger partial charge in [0.25, 0.3) is 5.91 Å². The van der Waals surface area contributed by atoms with E-state index in [0.29, 0.717) is 10.6 Å². The minimum absolute atomic E-state index is 0.311. The summed E-state index contributed by atoms with van der Waals surface area (Å²) in [6.07, 6.45) is 0.999. The van der Waals surface area contributed by atoms with Gasteiger partial charge >= 0.3 is 0 Å². The number of halogens is 1. The average Bonchev–Trinajstić information content (AvgIpc) is 2.52. The standard InChI is InChI=1S/C18H19ClN2O/c1-4-14-6-8-15(9-7-14)13(3)20-21-18(22)16-10-5-12(2)11-17(16)19/h5-11H,4H2,1-3H3,(H,21,22)/b20-13-. The molecule has 2 rings (SSSR count). The number of hydrogen-bond donors (Lipinski definition) is 1. The number of hydrogen-bond acceptors (Lipinski definition) is 2. The zero-order chi connectivity index (χ0) is 16.1. The summed E-state index contributed by atoms with van der Waals surface area (Å²) < 4.78 is 0. The predicted molar refractivity (Wildman–Crippen MR) is 91.7 cm³/mol. The van der Waals surface area contributed by atoms with Crippen LogP contribution in [0.4, 0.5) is 0 Å². The predicted octanol–water partition coefficient (Wildman–Crippen LogP) is 4.36. The summed E-state index contributed by atoms with van der Waals surface area (Å²) >= 11 is 6.08. The van der Waals surface area contributed by atoms with Crippen molar-refractivity contribution in [2.24, 2.45) is 5.10 Å². The third kappa shape index (κ3) is 3.95. The van der Waals surface area contributed by atoms with Gasteiger partial charge in [0.2, 0.25) is 0 Å². The molecule has 0 aliphatic rings. The average molecular weight is 315 g/mol. The highest BCUT2D eigenvalue weighted by atomic mass is 35.5. The second kappa shape index (κ2) is 7.23. The molecular weight excluding hydrogens is 296 g/mol. The number of carbonyl (C=O) groups is 1. The Hall–Kier alpha value is -2.13. The Morgan fingerprint density at radius 1 is 1.18 bits per heavy atom. The highest BCUT2D eigenvalue weighted by Crippen LogP contribution is 2.17. The molecule has 0 unspecified atom stereocenters. The fourth-order valence-corrected chi connectivity index (χ4v) is 2.37. The van der Waals surface area contributed by atoms with Gasteiger partial charge in [0.05, 0.1) is 16.3 Å². The number of hydrazone groups is 1. The van der Waals surface area contributed by atoms with E-state index in [1.807, 2.05) is 32.0 Å². The minimum atomic E-state index is -0.311. The van der Waals surface area contributed by atoms with Gasteiger partial charge < -0.3 is 0 Å². The molecule has 0 aliphatic carbocycles. The van der Waals surface area contributed by atoms with Crippen molar-refractivity contribution in [3.8, 4) is 0 Å². The molecule has 1 N–H and O–H groups in total. The lowest BCUT2D eigenvalue weighted by atomic mass is 10.1. The van der Waals surface area contributed by atoms with Gasteiger partial charge in [-0.3, -0.25) is 4.79 Å². The fourth-order valence-electron chi connectivity index (χ4n) is 2.05. The van der Waals surface area contributed by atoms with E-state index in [0.717, 1.165) is 23.3 Å². The lowest BCUT2D eigenvalue weighted by molar-refractivity contribution is 0.0955. The van der Waals surface area contributed by atoms with E-state index in [9.17, 15) is 4.79 Å². The molecule has 4 heteroatoms.